The van der Waals surface area contributed by atoms with E-state index in [0.29, 0.717) is 18.4 Å². The van der Waals surface area contributed by atoms with Gasteiger partial charge in [-0.25, -0.2) is 0 Å². The van der Waals surface area contributed by atoms with Crippen molar-refractivity contribution in [3.05, 3.63) is 18.0 Å². The molecule has 22 heavy (non-hydrogen) atoms. The van der Waals surface area contributed by atoms with E-state index in [4.69, 9.17) is 0 Å². The van der Waals surface area contributed by atoms with E-state index in [1.54, 1.807) is 10.9 Å². The summed E-state index contributed by atoms with van der Waals surface area (Å²) in [4.78, 5) is 14.7. The Kier molecular flexibility index (Phi) is 6.00. The predicted octanol–water partition coefficient (Wildman–Crippen LogP) is 1.84. The van der Waals surface area contributed by atoms with Crippen molar-refractivity contribution < 1.29 is 4.79 Å². The summed E-state index contributed by atoms with van der Waals surface area (Å²) in [7, 11) is 1.87. The lowest BCUT2D eigenvalue weighted by atomic mass is 9.94. The van der Waals surface area contributed by atoms with Gasteiger partial charge in [-0.3, -0.25) is 14.4 Å². The number of likely N-dealkylation sites (tertiary alicyclic amines) is 1. The molecule has 1 aliphatic heterocycles. The van der Waals surface area contributed by atoms with Crippen molar-refractivity contribution in [2.45, 2.75) is 46.1 Å². The number of hydrogen-bond donors (Lipinski definition) is 1. The molecule has 1 aliphatic rings. The number of piperidine rings is 1. The lowest BCUT2D eigenvalue weighted by molar-refractivity contribution is -0.120. The van der Waals surface area contributed by atoms with Crippen molar-refractivity contribution in [3.8, 4) is 0 Å². The molecule has 5 nitrogen and oxygen atoms in total. The fourth-order valence-electron chi connectivity index (χ4n) is 3.18. The minimum Gasteiger partial charge on any atom is -0.354 e. The Hall–Kier alpha value is -1.36. The Balaban J connectivity index is 1.82. The van der Waals surface area contributed by atoms with E-state index in [1.807, 2.05) is 13.2 Å². The quantitative estimate of drug-likeness (QED) is 0.872. The largest absolute Gasteiger partial charge is 0.354 e. The second kappa shape index (κ2) is 7.77. The van der Waals surface area contributed by atoms with Gasteiger partial charge in [0.2, 0.25) is 5.91 Å². The molecule has 0 aliphatic carbocycles. The predicted molar refractivity (Wildman–Crippen MR) is 88.5 cm³/mol. The van der Waals surface area contributed by atoms with Crippen LogP contribution in [0.2, 0.25) is 0 Å². The molecule has 1 unspecified atom stereocenters. The van der Waals surface area contributed by atoms with Gasteiger partial charge in [-0.05, 0) is 43.3 Å². The summed E-state index contributed by atoms with van der Waals surface area (Å²) in [5, 5.41) is 7.21. The monoisotopic (exact) mass is 306 g/mol. The Morgan fingerprint density at radius 1 is 1.41 bits per heavy atom. The second-order valence-corrected chi connectivity index (χ2v) is 7.03. The van der Waals surface area contributed by atoms with Gasteiger partial charge >= 0.3 is 0 Å². The zero-order chi connectivity index (χ0) is 16.1. The van der Waals surface area contributed by atoms with Crippen LogP contribution in [0.1, 0.15) is 39.2 Å². The van der Waals surface area contributed by atoms with Gasteiger partial charge in [-0.2, -0.15) is 5.10 Å². The molecule has 0 saturated carbocycles. The van der Waals surface area contributed by atoms with Gasteiger partial charge in [0.1, 0.15) is 0 Å². The molecule has 2 heterocycles. The summed E-state index contributed by atoms with van der Waals surface area (Å²) >= 11 is 0. The lowest BCUT2D eigenvalue weighted by Crippen LogP contribution is -2.49. The highest BCUT2D eigenvalue weighted by molar-refractivity contribution is 5.78. The van der Waals surface area contributed by atoms with E-state index in [-0.39, 0.29) is 5.91 Å². The summed E-state index contributed by atoms with van der Waals surface area (Å²) in [6.07, 6.45) is 6.60. The third-order valence-electron chi connectivity index (χ3n) is 4.69. The average Bonchev–Trinajstić information content (AvgIpc) is 2.86. The second-order valence-electron chi connectivity index (χ2n) is 7.03. The molecule has 0 bridgehead atoms. The number of hydrogen-bond acceptors (Lipinski definition) is 3. The summed E-state index contributed by atoms with van der Waals surface area (Å²) in [5.74, 6) is 1.47. The normalized spacial score (nSPS) is 18.6. The fraction of sp³-hybridized carbons (Fsp3) is 0.765. The molecule has 1 atom stereocenters. The molecule has 1 fully saturated rings. The first-order valence-corrected chi connectivity index (χ1v) is 8.44. The van der Waals surface area contributed by atoms with E-state index in [1.165, 1.54) is 12.8 Å². The number of aryl methyl sites for hydroxylation is 1. The lowest BCUT2D eigenvalue weighted by Gasteiger charge is -2.38. The zero-order valence-electron chi connectivity index (χ0n) is 14.4. The minimum atomic E-state index is 0.0871. The number of rotatable bonds is 6. The van der Waals surface area contributed by atoms with Gasteiger partial charge in [0, 0.05) is 25.8 Å². The Morgan fingerprint density at radius 3 is 2.64 bits per heavy atom. The average molecular weight is 306 g/mol. The Labute approximate surface area is 134 Å². The number of amides is 1. The molecule has 0 aromatic carbocycles. The van der Waals surface area contributed by atoms with E-state index in [9.17, 15) is 4.79 Å². The van der Waals surface area contributed by atoms with Crippen molar-refractivity contribution in [2.75, 3.05) is 19.6 Å². The topological polar surface area (TPSA) is 50.2 Å². The van der Waals surface area contributed by atoms with E-state index in [0.717, 1.165) is 31.1 Å². The van der Waals surface area contributed by atoms with Crippen LogP contribution < -0.4 is 5.32 Å². The maximum atomic E-state index is 12.1. The number of carbonyl (C=O) groups excluding carboxylic acids is 1. The maximum absolute atomic E-state index is 12.1. The maximum Gasteiger partial charge on any atom is 0.224 e. The third-order valence-corrected chi connectivity index (χ3v) is 4.69. The molecule has 1 saturated heterocycles. The first-order chi connectivity index (χ1) is 10.5. The molecule has 1 aromatic rings. The summed E-state index contributed by atoms with van der Waals surface area (Å²) < 4.78 is 1.73. The SMILES string of the molecule is CC1CCN(C(CNC(=O)Cc2cnn(C)c2)C(C)C)CC1. The molecule has 0 spiro atoms. The standard InChI is InChI=1S/C17H30N4O/c1-13(2)16(21-7-5-14(3)6-8-21)11-18-17(22)9-15-10-19-20(4)12-15/h10,12-14,16H,5-9,11H2,1-4H3,(H,18,22). The van der Waals surface area contributed by atoms with Gasteiger partial charge in [0.25, 0.3) is 0 Å². The van der Waals surface area contributed by atoms with Crippen LogP contribution in [0.4, 0.5) is 0 Å². The third kappa shape index (κ3) is 4.83. The van der Waals surface area contributed by atoms with Crippen LogP contribution in [0.25, 0.3) is 0 Å². The van der Waals surface area contributed by atoms with Crippen molar-refractivity contribution in [1.29, 1.82) is 0 Å². The van der Waals surface area contributed by atoms with Crippen molar-refractivity contribution in [1.82, 2.24) is 20.0 Å². The Morgan fingerprint density at radius 2 is 2.09 bits per heavy atom. The van der Waals surface area contributed by atoms with Crippen molar-refractivity contribution in [3.63, 3.8) is 0 Å². The van der Waals surface area contributed by atoms with Gasteiger partial charge in [0.05, 0.1) is 12.6 Å². The molecule has 5 heteroatoms. The van der Waals surface area contributed by atoms with Crippen molar-refractivity contribution in [2.24, 2.45) is 18.9 Å². The Bertz CT molecular complexity index is 475. The number of carbonyl (C=O) groups is 1. The van der Waals surface area contributed by atoms with Crippen molar-refractivity contribution >= 4 is 5.91 Å². The number of nitrogens with zero attached hydrogens (tertiary/aromatic N) is 3. The molecular formula is C17H30N4O. The highest BCUT2D eigenvalue weighted by Crippen LogP contribution is 2.21. The summed E-state index contributed by atoms with van der Waals surface area (Å²) in [5.41, 5.74) is 0.966. The molecule has 1 N–H and O–H groups in total. The number of nitrogens with one attached hydrogen (secondary N) is 1. The molecule has 0 radical (unpaired) electrons. The van der Waals surface area contributed by atoms with Crippen LogP contribution in [-0.2, 0) is 18.3 Å². The van der Waals surface area contributed by atoms with Crippen LogP contribution in [0.5, 0.6) is 0 Å². The highest BCUT2D eigenvalue weighted by Gasteiger charge is 2.25. The van der Waals surface area contributed by atoms with Gasteiger partial charge < -0.3 is 5.32 Å². The van der Waals surface area contributed by atoms with E-state index >= 15 is 0 Å². The first kappa shape index (κ1) is 17.0. The molecule has 1 amide bonds. The van der Waals surface area contributed by atoms with Gasteiger partial charge in [-0.15, -0.1) is 0 Å². The van der Waals surface area contributed by atoms with Crippen LogP contribution in [-0.4, -0.2) is 46.3 Å². The van der Waals surface area contributed by atoms with Gasteiger partial charge in [0.15, 0.2) is 0 Å². The smallest absolute Gasteiger partial charge is 0.224 e. The highest BCUT2D eigenvalue weighted by atomic mass is 16.1. The van der Waals surface area contributed by atoms with Crippen LogP contribution in [0.15, 0.2) is 12.4 Å². The summed E-state index contributed by atoms with van der Waals surface area (Å²) in [6.45, 7) is 9.87. The fourth-order valence-corrected chi connectivity index (χ4v) is 3.18. The molecular weight excluding hydrogens is 276 g/mol. The minimum absolute atomic E-state index is 0.0871. The number of aromatic nitrogens is 2. The summed E-state index contributed by atoms with van der Waals surface area (Å²) in [6, 6.07) is 0.436. The van der Waals surface area contributed by atoms with Crippen LogP contribution in [0.3, 0.4) is 0 Å². The molecule has 2 rings (SSSR count). The zero-order valence-corrected chi connectivity index (χ0v) is 14.4. The molecule has 124 valence electrons. The van der Waals surface area contributed by atoms with Gasteiger partial charge in [-0.1, -0.05) is 20.8 Å². The van der Waals surface area contributed by atoms with Crippen LogP contribution >= 0.6 is 0 Å². The van der Waals surface area contributed by atoms with E-state index in [2.05, 4.69) is 36.1 Å². The molecule has 1 aromatic heterocycles. The van der Waals surface area contributed by atoms with E-state index < -0.39 is 0 Å². The van der Waals surface area contributed by atoms with Crippen LogP contribution in [0, 0.1) is 11.8 Å². The first-order valence-electron chi connectivity index (χ1n) is 8.44.